The molecule has 0 aliphatic carbocycles. The van der Waals surface area contributed by atoms with Crippen LogP contribution in [0.15, 0.2) is 6.07 Å². The van der Waals surface area contributed by atoms with Crippen molar-refractivity contribution < 1.29 is 18.7 Å². The molecule has 0 atom stereocenters. The van der Waals surface area contributed by atoms with Gasteiger partial charge in [0.1, 0.15) is 4.88 Å². The second-order valence-corrected chi connectivity index (χ2v) is 3.02. The molecule has 1 aromatic heterocycles. The van der Waals surface area contributed by atoms with Crippen molar-refractivity contribution in [3.8, 4) is 0 Å². The van der Waals surface area contributed by atoms with Crippen LogP contribution in [0.1, 0.15) is 10.6 Å². The first-order valence-electron chi connectivity index (χ1n) is 2.99. The second kappa shape index (κ2) is 2.78. The number of alkyl halides is 2. The third kappa shape index (κ3) is 1.42. The summed E-state index contributed by atoms with van der Waals surface area (Å²) in [6, 6.07) is 1.07. The number of hydrogen-bond acceptors (Lipinski definition) is 3. The van der Waals surface area contributed by atoms with Crippen LogP contribution >= 0.6 is 11.5 Å². The standard InChI is InChI=1S/C6H5F2NO2S/c1-3-2-4(12-9-3)6(7,8)5(10)11/h2H,1H3,(H,10,11). The zero-order chi connectivity index (χ0) is 9.35. The van der Waals surface area contributed by atoms with Crippen molar-refractivity contribution >= 4 is 17.5 Å². The van der Waals surface area contributed by atoms with E-state index >= 15 is 0 Å². The molecule has 1 rings (SSSR count). The van der Waals surface area contributed by atoms with E-state index in [1.807, 2.05) is 0 Å². The number of carboxylic acids is 1. The van der Waals surface area contributed by atoms with Crippen molar-refractivity contribution in [1.29, 1.82) is 0 Å². The van der Waals surface area contributed by atoms with Crippen LogP contribution in [0.3, 0.4) is 0 Å². The molecule has 0 aliphatic heterocycles. The van der Waals surface area contributed by atoms with Gasteiger partial charge in [-0.1, -0.05) is 0 Å². The number of aryl methyl sites for hydroxylation is 1. The lowest BCUT2D eigenvalue weighted by atomic mass is 10.2. The highest BCUT2D eigenvalue weighted by atomic mass is 32.1. The number of aliphatic carboxylic acids is 1. The molecule has 0 radical (unpaired) electrons. The van der Waals surface area contributed by atoms with E-state index in [1.165, 1.54) is 6.92 Å². The van der Waals surface area contributed by atoms with Crippen LogP contribution in [-0.4, -0.2) is 15.4 Å². The highest BCUT2D eigenvalue weighted by Crippen LogP contribution is 2.31. The molecular weight excluding hydrogens is 188 g/mol. The summed E-state index contributed by atoms with van der Waals surface area (Å²) < 4.78 is 28.9. The van der Waals surface area contributed by atoms with E-state index in [2.05, 4.69) is 4.37 Å². The summed E-state index contributed by atoms with van der Waals surface area (Å²) in [5, 5.41) is 8.13. The van der Waals surface area contributed by atoms with E-state index < -0.39 is 16.8 Å². The van der Waals surface area contributed by atoms with Gasteiger partial charge in [-0.15, -0.1) is 0 Å². The summed E-state index contributed by atoms with van der Waals surface area (Å²) in [4.78, 5) is 9.52. The van der Waals surface area contributed by atoms with E-state index in [0.29, 0.717) is 17.2 Å². The minimum Gasteiger partial charge on any atom is -0.477 e. The van der Waals surface area contributed by atoms with Crippen LogP contribution < -0.4 is 0 Å². The number of carbonyl (C=O) groups is 1. The zero-order valence-electron chi connectivity index (χ0n) is 6.04. The fraction of sp³-hybridized carbons (Fsp3) is 0.333. The Balaban J connectivity index is 3.05. The smallest absolute Gasteiger partial charge is 0.380 e. The average molecular weight is 193 g/mol. The molecule has 0 aromatic carbocycles. The van der Waals surface area contributed by atoms with E-state index in [9.17, 15) is 13.6 Å². The normalized spacial score (nSPS) is 11.6. The minimum absolute atomic E-state index is 0.399. The van der Waals surface area contributed by atoms with Crippen molar-refractivity contribution in [1.82, 2.24) is 4.37 Å². The molecule has 12 heavy (non-hydrogen) atoms. The average Bonchev–Trinajstić information content (AvgIpc) is 2.35. The van der Waals surface area contributed by atoms with Gasteiger partial charge in [0.05, 0.1) is 5.69 Å². The molecule has 0 aliphatic rings. The first kappa shape index (κ1) is 9.05. The van der Waals surface area contributed by atoms with Gasteiger partial charge < -0.3 is 5.11 Å². The third-order valence-electron chi connectivity index (χ3n) is 1.21. The van der Waals surface area contributed by atoms with E-state index in [4.69, 9.17) is 5.11 Å². The Hall–Kier alpha value is -1.04. The van der Waals surface area contributed by atoms with Crippen LogP contribution in [0.4, 0.5) is 8.78 Å². The van der Waals surface area contributed by atoms with Crippen LogP contribution in [-0.2, 0) is 10.7 Å². The molecule has 66 valence electrons. The van der Waals surface area contributed by atoms with E-state index in [1.54, 1.807) is 0 Å². The Labute approximate surface area is 70.8 Å². The van der Waals surface area contributed by atoms with Crippen LogP contribution in [0.2, 0.25) is 0 Å². The highest BCUT2D eigenvalue weighted by molar-refractivity contribution is 7.06. The molecule has 6 heteroatoms. The molecule has 0 saturated heterocycles. The molecule has 0 bridgehead atoms. The van der Waals surface area contributed by atoms with Crippen molar-refractivity contribution in [3.63, 3.8) is 0 Å². The molecule has 0 amide bonds. The topological polar surface area (TPSA) is 50.2 Å². The van der Waals surface area contributed by atoms with E-state index in [-0.39, 0.29) is 0 Å². The predicted molar refractivity (Wildman–Crippen MR) is 38.4 cm³/mol. The van der Waals surface area contributed by atoms with Gasteiger partial charge >= 0.3 is 11.9 Å². The number of rotatable bonds is 2. The molecule has 1 heterocycles. The van der Waals surface area contributed by atoms with Gasteiger partial charge in [-0.2, -0.15) is 13.2 Å². The SMILES string of the molecule is Cc1cc(C(F)(F)C(=O)O)sn1. The lowest BCUT2D eigenvalue weighted by molar-refractivity contribution is -0.165. The minimum atomic E-state index is -3.81. The van der Waals surface area contributed by atoms with Crippen molar-refractivity contribution in [2.24, 2.45) is 0 Å². The fourth-order valence-corrected chi connectivity index (χ4v) is 1.34. The maximum absolute atomic E-state index is 12.7. The van der Waals surface area contributed by atoms with Gasteiger partial charge in [-0.25, -0.2) is 4.79 Å². The Morgan fingerprint density at radius 1 is 1.75 bits per heavy atom. The Morgan fingerprint density at radius 2 is 2.33 bits per heavy atom. The summed E-state index contributed by atoms with van der Waals surface area (Å²) in [7, 11) is 0. The molecule has 3 nitrogen and oxygen atoms in total. The van der Waals surface area contributed by atoms with Gasteiger partial charge in [-0.3, -0.25) is 0 Å². The first-order chi connectivity index (χ1) is 5.44. The van der Waals surface area contributed by atoms with Crippen molar-refractivity contribution in [3.05, 3.63) is 16.6 Å². The Morgan fingerprint density at radius 3 is 2.67 bits per heavy atom. The summed E-state index contributed by atoms with van der Waals surface area (Å²) in [6.07, 6.45) is 0. The molecular formula is C6H5F2NO2S. The van der Waals surface area contributed by atoms with Gasteiger partial charge in [-0.05, 0) is 24.5 Å². The maximum atomic E-state index is 12.7. The fourth-order valence-electron chi connectivity index (χ4n) is 0.617. The molecule has 1 N–H and O–H groups in total. The molecule has 0 unspecified atom stereocenters. The van der Waals surface area contributed by atoms with Gasteiger partial charge in [0.2, 0.25) is 0 Å². The van der Waals surface area contributed by atoms with Crippen LogP contribution in [0, 0.1) is 6.92 Å². The first-order valence-corrected chi connectivity index (χ1v) is 3.77. The van der Waals surface area contributed by atoms with Crippen LogP contribution in [0.5, 0.6) is 0 Å². The Bertz CT molecular complexity index is 310. The molecule has 0 spiro atoms. The second-order valence-electron chi connectivity index (χ2n) is 2.21. The van der Waals surface area contributed by atoms with Gasteiger partial charge in [0.25, 0.3) is 0 Å². The van der Waals surface area contributed by atoms with E-state index in [0.717, 1.165) is 6.07 Å². The summed E-state index contributed by atoms with van der Waals surface area (Å²) in [5.41, 5.74) is 0.399. The highest BCUT2D eigenvalue weighted by Gasteiger charge is 2.42. The number of aromatic nitrogens is 1. The molecule has 0 saturated carbocycles. The van der Waals surface area contributed by atoms with Gasteiger partial charge in [0, 0.05) is 0 Å². The van der Waals surface area contributed by atoms with Crippen molar-refractivity contribution in [2.45, 2.75) is 12.8 Å². The lowest BCUT2D eigenvalue weighted by Crippen LogP contribution is -2.23. The summed E-state index contributed by atoms with van der Waals surface area (Å²) in [6.45, 7) is 1.53. The summed E-state index contributed by atoms with van der Waals surface area (Å²) >= 11 is 0.504. The predicted octanol–water partition coefficient (Wildman–Crippen LogP) is 1.63. The molecule has 1 aromatic rings. The van der Waals surface area contributed by atoms with Gasteiger partial charge in [0.15, 0.2) is 0 Å². The number of nitrogens with zero attached hydrogens (tertiary/aromatic N) is 1. The number of hydrogen-bond donors (Lipinski definition) is 1. The lowest BCUT2D eigenvalue weighted by Gasteiger charge is -2.06. The largest absolute Gasteiger partial charge is 0.477 e. The number of carboxylic acid groups (broad SMARTS) is 1. The summed E-state index contributed by atoms with van der Waals surface area (Å²) in [5.74, 6) is -5.96. The quantitative estimate of drug-likeness (QED) is 0.776. The number of halogens is 2. The van der Waals surface area contributed by atoms with Crippen LogP contribution in [0.25, 0.3) is 0 Å². The molecule has 0 fully saturated rings. The monoisotopic (exact) mass is 193 g/mol. The Kier molecular flexibility index (Phi) is 2.10. The maximum Gasteiger partial charge on any atom is 0.380 e. The third-order valence-corrected chi connectivity index (χ3v) is 2.16. The van der Waals surface area contributed by atoms with Crippen molar-refractivity contribution in [2.75, 3.05) is 0 Å². The zero-order valence-corrected chi connectivity index (χ0v) is 6.86.